The fourth-order valence-electron chi connectivity index (χ4n) is 2.35. The molecule has 1 heterocycles. The Labute approximate surface area is 149 Å². The summed E-state index contributed by atoms with van der Waals surface area (Å²) in [4.78, 5) is 16.5. The number of aryl methyl sites for hydroxylation is 1. The summed E-state index contributed by atoms with van der Waals surface area (Å²) >= 11 is 3.41. The standard InChI is InChI=1S/C19H17BrN2O2/c20-16-7-5-15(6-8-16)13-24-19-4-2-1-3-17(19)18(23)9-11-22-12-10-21-14-22/h1-8,10,12,14H,9,11,13H2. The minimum atomic E-state index is 0.0649. The molecule has 0 spiro atoms. The van der Waals surface area contributed by atoms with Crippen molar-refractivity contribution >= 4 is 21.7 Å². The van der Waals surface area contributed by atoms with Crippen molar-refractivity contribution in [1.82, 2.24) is 9.55 Å². The maximum atomic E-state index is 12.5. The molecule has 2 aromatic carbocycles. The third-order valence-electron chi connectivity index (χ3n) is 3.65. The van der Waals surface area contributed by atoms with E-state index in [4.69, 9.17) is 4.74 Å². The van der Waals surface area contributed by atoms with Crippen LogP contribution in [0.1, 0.15) is 22.3 Å². The van der Waals surface area contributed by atoms with E-state index in [9.17, 15) is 4.79 Å². The molecule has 0 saturated carbocycles. The Morgan fingerprint density at radius 1 is 1.12 bits per heavy atom. The zero-order chi connectivity index (χ0) is 16.8. The van der Waals surface area contributed by atoms with Crippen LogP contribution in [0, 0.1) is 0 Å². The summed E-state index contributed by atoms with van der Waals surface area (Å²) in [6.07, 6.45) is 5.68. The molecule has 3 aromatic rings. The monoisotopic (exact) mass is 384 g/mol. The highest BCUT2D eigenvalue weighted by Gasteiger charge is 2.12. The normalized spacial score (nSPS) is 10.5. The predicted octanol–water partition coefficient (Wildman–Crippen LogP) is 4.50. The van der Waals surface area contributed by atoms with Crippen molar-refractivity contribution < 1.29 is 9.53 Å². The first kappa shape index (κ1) is 16.5. The van der Waals surface area contributed by atoms with Crippen LogP contribution in [0.4, 0.5) is 0 Å². The third kappa shape index (κ3) is 4.32. The van der Waals surface area contributed by atoms with Gasteiger partial charge in [0.05, 0.1) is 11.9 Å². The molecule has 0 saturated heterocycles. The second-order valence-corrected chi connectivity index (χ2v) is 6.30. The SMILES string of the molecule is O=C(CCn1ccnc1)c1ccccc1OCc1ccc(Br)cc1. The number of aromatic nitrogens is 2. The quantitative estimate of drug-likeness (QED) is 0.563. The van der Waals surface area contributed by atoms with Gasteiger partial charge in [-0.2, -0.15) is 0 Å². The van der Waals surface area contributed by atoms with Crippen LogP contribution in [-0.4, -0.2) is 15.3 Å². The Hall–Kier alpha value is -2.40. The number of hydrogen-bond acceptors (Lipinski definition) is 3. The van der Waals surface area contributed by atoms with Crippen molar-refractivity contribution in [3.8, 4) is 5.75 Å². The maximum Gasteiger partial charge on any atom is 0.168 e. The van der Waals surface area contributed by atoms with Crippen molar-refractivity contribution in [2.75, 3.05) is 0 Å². The van der Waals surface area contributed by atoms with Gasteiger partial charge in [0.25, 0.3) is 0 Å². The topological polar surface area (TPSA) is 44.1 Å². The summed E-state index contributed by atoms with van der Waals surface area (Å²) in [7, 11) is 0. The van der Waals surface area contributed by atoms with Gasteiger partial charge in [0.15, 0.2) is 5.78 Å². The molecule has 5 heteroatoms. The number of Topliss-reactive ketones (excluding diaryl/α,β-unsaturated/α-hetero) is 1. The van der Waals surface area contributed by atoms with Crippen molar-refractivity contribution in [3.05, 3.63) is 82.9 Å². The molecule has 0 amide bonds. The van der Waals surface area contributed by atoms with E-state index in [1.165, 1.54) is 0 Å². The Morgan fingerprint density at radius 3 is 2.67 bits per heavy atom. The highest BCUT2D eigenvalue weighted by Crippen LogP contribution is 2.21. The average Bonchev–Trinajstić information content (AvgIpc) is 3.13. The van der Waals surface area contributed by atoms with Crippen LogP contribution in [0.15, 0.2) is 71.7 Å². The summed E-state index contributed by atoms with van der Waals surface area (Å²) in [6, 6.07) is 15.3. The Morgan fingerprint density at radius 2 is 1.92 bits per heavy atom. The molecular formula is C19H17BrN2O2. The molecule has 1 aromatic heterocycles. The maximum absolute atomic E-state index is 12.5. The lowest BCUT2D eigenvalue weighted by Crippen LogP contribution is -2.07. The lowest BCUT2D eigenvalue weighted by atomic mass is 10.1. The van der Waals surface area contributed by atoms with Gasteiger partial charge in [0.1, 0.15) is 12.4 Å². The van der Waals surface area contributed by atoms with Gasteiger partial charge in [-0.25, -0.2) is 4.98 Å². The van der Waals surface area contributed by atoms with Gasteiger partial charge in [0, 0.05) is 29.8 Å². The number of halogens is 1. The van der Waals surface area contributed by atoms with Crippen LogP contribution in [0.2, 0.25) is 0 Å². The smallest absolute Gasteiger partial charge is 0.168 e. The highest BCUT2D eigenvalue weighted by atomic mass is 79.9. The Balaban J connectivity index is 1.65. The summed E-state index contributed by atoms with van der Waals surface area (Å²) in [5.74, 6) is 0.686. The first-order chi connectivity index (χ1) is 11.7. The van der Waals surface area contributed by atoms with Gasteiger partial charge in [-0.15, -0.1) is 0 Å². The Bertz CT molecular complexity index is 798. The number of ketones is 1. The van der Waals surface area contributed by atoms with Gasteiger partial charge in [-0.1, -0.05) is 40.2 Å². The van der Waals surface area contributed by atoms with E-state index in [0.717, 1.165) is 10.0 Å². The number of nitrogens with zero attached hydrogens (tertiary/aromatic N) is 2. The molecule has 0 aliphatic carbocycles. The van der Waals surface area contributed by atoms with Crippen molar-refractivity contribution in [2.45, 2.75) is 19.6 Å². The molecule has 4 nitrogen and oxygen atoms in total. The molecule has 0 fully saturated rings. The molecule has 3 rings (SSSR count). The molecule has 0 aliphatic rings. The second kappa shape index (κ2) is 7.93. The minimum absolute atomic E-state index is 0.0649. The summed E-state index contributed by atoms with van der Waals surface area (Å²) in [6.45, 7) is 1.04. The summed E-state index contributed by atoms with van der Waals surface area (Å²) in [5.41, 5.74) is 1.67. The van der Waals surface area contributed by atoms with E-state index in [-0.39, 0.29) is 5.78 Å². The summed E-state index contributed by atoms with van der Waals surface area (Å²) < 4.78 is 8.79. The first-order valence-electron chi connectivity index (χ1n) is 7.67. The number of rotatable bonds is 7. The number of imidazole rings is 1. The van der Waals surface area contributed by atoms with Crippen LogP contribution in [-0.2, 0) is 13.2 Å². The van der Waals surface area contributed by atoms with E-state index < -0.39 is 0 Å². The van der Waals surface area contributed by atoms with Gasteiger partial charge in [0.2, 0.25) is 0 Å². The van der Waals surface area contributed by atoms with Crippen LogP contribution >= 0.6 is 15.9 Å². The van der Waals surface area contributed by atoms with Crippen molar-refractivity contribution in [1.29, 1.82) is 0 Å². The number of carbonyl (C=O) groups excluding carboxylic acids is 1. The van der Waals surface area contributed by atoms with Gasteiger partial charge < -0.3 is 9.30 Å². The van der Waals surface area contributed by atoms with Crippen LogP contribution in [0.3, 0.4) is 0 Å². The average molecular weight is 385 g/mol. The van der Waals surface area contributed by atoms with Gasteiger partial charge >= 0.3 is 0 Å². The molecule has 0 unspecified atom stereocenters. The van der Waals surface area contributed by atoms with Crippen molar-refractivity contribution in [3.63, 3.8) is 0 Å². The minimum Gasteiger partial charge on any atom is -0.488 e. The third-order valence-corrected chi connectivity index (χ3v) is 4.18. The molecule has 0 atom stereocenters. The van der Waals surface area contributed by atoms with E-state index in [1.807, 2.05) is 59.3 Å². The lowest BCUT2D eigenvalue weighted by Gasteiger charge is -2.11. The largest absolute Gasteiger partial charge is 0.488 e. The van der Waals surface area contributed by atoms with Crippen LogP contribution < -0.4 is 4.74 Å². The summed E-state index contributed by atoms with van der Waals surface area (Å²) in [5, 5.41) is 0. The first-order valence-corrected chi connectivity index (χ1v) is 8.47. The van der Waals surface area contributed by atoms with Gasteiger partial charge in [-0.3, -0.25) is 4.79 Å². The molecule has 122 valence electrons. The second-order valence-electron chi connectivity index (χ2n) is 5.38. The highest BCUT2D eigenvalue weighted by molar-refractivity contribution is 9.10. The van der Waals surface area contributed by atoms with E-state index in [0.29, 0.717) is 30.9 Å². The molecule has 0 N–H and O–H groups in total. The Kier molecular flexibility index (Phi) is 5.43. The predicted molar refractivity (Wildman–Crippen MR) is 96.1 cm³/mol. The van der Waals surface area contributed by atoms with Crippen LogP contribution in [0.25, 0.3) is 0 Å². The number of benzene rings is 2. The van der Waals surface area contributed by atoms with Crippen LogP contribution in [0.5, 0.6) is 5.75 Å². The molecule has 0 bridgehead atoms. The molecule has 24 heavy (non-hydrogen) atoms. The van der Waals surface area contributed by atoms with E-state index in [2.05, 4.69) is 20.9 Å². The van der Waals surface area contributed by atoms with Gasteiger partial charge in [-0.05, 0) is 29.8 Å². The fourth-order valence-corrected chi connectivity index (χ4v) is 2.61. The zero-order valence-electron chi connectivity index (χ0n) is 13.1. The van der Waals surface area contributed by atoms with E-state index >= 15 is 0 Å². The molecule has 0 aliphatic heterocycles. The van der Waals surface area contributed by atoms with E-state index in [1.54, 1.807) is 12.5 Å². The number of para-hydroxylation sites is 1. The molecular weight excluding hydrogens is 368 g/mol. The number of ether oxygens (including phenoxy) is 1. The molecule has 0 radical (unpaired) electrons. The lowest BCUT2D eigenvalue weighted by molar-refractivity contribution is 0.0972. The number of carbonyl (C=O) groups is 1. The zero-order valence-corrected chi connectivity index (χ0v) is 14.6. The number of hydrogen-bond donors (Lipinski definition) is 0. The fraction of sp³-hybridized carbons (Fsp3) is 0.158. The van der Waals surface area contributed by atoms with Crippen molar-refractivity contribution in [2.24, 2.45) is 0 Å².